The monoisotopic (exact) mass is 268 g/mol. The highest BCUT2D eigenvalue weighted by Crippen LogP contribution is 2.08. The first-order valence-electron chi connectivity index (χ1n) is 6.46. The van der Waals surface area contributed by atoms with Crippen molar-refractivity contribution in [1.82, 2.24) is 4.90 Å². The van der Waals surface area contributed by atoms with E-state index in [0.717, 1.165) is 25.8 Å². The molecule has 0 radical (unpaired) electrons. The van der Waals surface area contributed by atoms with Gasteiger partial charge in [-0.3, -0.25) is 9.69 Å². The Morgan fingerprint density at radius 1 is 1.37 bits per heavy atom. The Hall–Kier alpha value is -1.46. The Morgan fingerprint density at radius 2 is 2.16 bits per heavy atom. The molecule has 0 atom stereocenters. The van der Waals surface area contributed by atoms with Crippen molar-refractivity contribution in [3.8, 4) is 0 Å². The van der Waals surface area contributed by atoms with Crippen LogP contribution in [0.15, 0.2) is 24.3 Å². The highest BCUT2D eigenvalue weighted by atomic mass is 19.1. The molecule has 0 bridgehead atoms. The van der Waals surface area contributed by atoms with Gasteiger partial charge in [-0.05, 0) is 51.1 Å². The molecule has 2 N–H and O–H groups in total. The third-order valence-electron chi connectivity index (χ3n) is 2.72. The van der Waals surface area contributed by atoms with E-state index < -0.39 is 0 Å². The predicted molar refractivity (Wildman–Crippen MR) is 73.5 cm³/mol. The molecule has 0 aliphatic carbocycles. The molecule has 5 heteroatoms. The highest BCUT2D eigenvalue weighted by Gasteiger charge is 2.07. The minimum Gasteiger partial charge on any atom is -0.396 e. The number of hydrogen-bond acceptors (Lipinski definition) is 3. The quantitative estimate of drug-likeness (QED) is 0.708. The van der Waals surface area contributed by atoms with Gasteiger partial charge in [0.1, 0.15) is 5.82 Å². The second-order valence-corrected chi connectivity index (χ2v) is 4.58. The average molecular weight is 268 g/mol. The van der Waals surface area contributed by atoms with Gasteiger partial charge in [-0.15, -0.1) is 0 Å². The number of amides is 1. The zero-order valence-corrected chi connectivity index (χ0v) is 11.2. The molecule has 0 saturated carbocycles. The van der Waals surface area contributed by atoms with E-state index in [1.54, 1.807) is 12.1 Å². The minimum atomic E-state index is -0.366. The van der Waals surface area contributed by atoms with E-state index in [9.17, 15) is 9.18 Å². The number of nitrogens with zero attached hydrogens (tertiary/aromatic N) is 1. The van der Waals surface area contributed by atoms with Gasteiger partial charge in [0.15, 0.2) is 0 Å². The molecule has 1 aromatic rings. The van der Waals surface area contributed by atoms with Gasteiger partial charge in [-0.1, -0.05) is 6.07 Å². The first kappa shape index (κ1) is 15.6. The Kier molecular flexibility index (Phi) is 7.07. The van der Waals surface area contributed by atoms with Gasteiger partial charge in [-0.25, -0.2) is 4.39 Å². The van der Waals surface area contributed by atoms with Crippen molar-refractivity contribution < 1.29 is 14.3 Å². The van der Waals surface area contributed by atoms with E-state index in [-0.39, 0.29) is 24.9 Å². The molecule has 0 unspecified atom stereocenters. The van der Waals surface area contributed by atoms with Gasteiger partial charge >= 0.3 is 0 Å². The average Bonchev–Trinajstić information content (AvgIpc) is 2.34. The first-order valence-corrected chi connectivity index (χ1v) is 6.46. The number of halogens is 1. The second-order valence-electron chi connectivity index (χ2n) is 4.58. The molecule has 19 heavy (non-hydrogen) atoms. The number of benzene rings is 1. The van der Waals surface area contributed by atoms with E-state index in [1.165, 1.54) is 12.1 Å². The van der Waals surface area contributed by atoms with Crippen LogP contribution in [0.1, 0.15) is 19.3 Å². The predicted octanol–water partition coefficient (Wildman–Crippen LogP) is 1.86. The SMILES string of the molecule is CN(CCCCCO)CC(=O)Nc1cccc(F)c1. The molecule has 0 heterocycles. The Labute approximate surface area is 113 Å². The molecule has 1 amide bonds. The maximum Gasteiger partial charge on any atom is 0.238 e. The van der Waals surface area contributed by atoms with Gasteiger partial charge in [0.25, 0.3) is 0 Å². The molecule has 0 aromatic heterocycles. The molecule has 0 saturated heterocycles. The Bertz CT molecular complexity index is 399. The van der Waals surface area contributed by atoms with Gasteiger partial charge in [0.2, 0.25) is 5.91 Å². The fourth-order valence-corrected chi connectivity index (χ4v) is 1.76. The molecular weight excluding hydrogens is 247 g/mol. The lowest BCUT2D eigenvalue weighted by Crippen LogP contribution is -2.30. The number of aliphatic hydroxyl groups excluding tert-OH is 1. The first-order chi connectivity index (χ1) is 9.11. The number of rotatable bonds is 8. The van der Waals surface area contributed by atoms with Crippen molar-refractivity contribution in [2.75, 3.05) is 32.1 Å². The highest BCUT2D eigenvalue weighted by molar-refractivity contribution is 5.92. The van der Waals surface area contributed by atoms with Crippen LogP contribution in [-0.4, -0.2) is 42.7 Å². The molecule has 1 rings (SSSR count). The van der Waals surface area contributed by atoms with E-state index in [4.69, 9.17) is 5.11 Å². The molecule has 0 fully saturated rings. The zero-order chi connectivity index (χ0) is 14.1. The summed E-state index contributed by atoms with van der Waals surface area (Å²) in [6, 6.07) is 5.84. The summed E-state index contributed by atoms with van der Waals surface area (Å²) in [6.45, 7) is 1.29. The van der Waals surface area contributed by atoms with Crippen LogP contribution in [0.4, 0.5) is 10.1 Å². The van der Waals surface area contributed by atoms with Crippen LogP contribution < -0.4 is 5.32 Å². The summed E-state index contributed by atoms with van der Waals surface area (Å²) < 4.78 is 12.9. The topological polar surface area (TPSA) is 52.6 Å². The number of nitrogens with one attached hydrogen (secondary N) is 1. The number of likely N-dealkylation sites (N-methyl/N-ethyl adjacent to an activating group) is 1. The number of hydrogen-bond donors (Lipinski definition) is 2. The number of anilines is 1. The van der Waals surface area contributed by atoms with Crippen LogP contribution in [0.2, 0.25) is 0 Å². The van der Waals surface area contributed by atoms with Gasteiger partial charge in [0, 0.05) is 12.3 Å². The smallest absolute Gasteiger partial charge is 0.238 e. The van der Waals surface area contributed by atoms with Crippen molar-refractivity contribution in [3.05, 3.63) is 30.1 Å². The summed E-state index contributed by atoms with van der Waals surface area (Å²) in [4.78, 5) is 13.6. The zero-order valence-electron chi connectivity index (χ0n) is 11.2. The van der Waals surface area contributed by atoms with Crippen molar-refractivity contribution >= 4 is 11.6 Å². The third kappa shape index (κ3) is 6.88. The van der Waals surface area contributed by atoms with Crippen LogP contribution in [0.3, 0.4) is 0 Å². The van der Waals surface area contributed by atoms with Crippen molar-refractivity contribution in [3.63, 3.8) is 0 Å². The maximum atomic E-state index is 12.9. The van der Waals surface area contributed by atoms with Gasteiger partial charge < -0.3 is 10.4 Å². The normalized spacial score (nSPS) is 10.7. The van der Waals surface area contributed by atoms with Crippen molar-refractivity contribution in [2.45, 2.75) is 19.3 Å². The van der Waals surface area contributed by atoms with Gasteiger partial charge in [0.05, 0.1) is 6.54 Å². The largest absolute Gasteiger partial charge is 0.396 e. The van der Waals surface area contributed by atoms with Crippen LogP contribution in [0.5, 0.6) is 0 Å². The van der Waals surface area contributed by atoms with Crippen LogP contribution >= 0.6 is 0 Å². The molecule has 0 aliphatic heterocycles. The standard InChI is InChI=1S/C14H21FN2O2/c1-17(8-3-2-4-9-18)11-14(19)16-13-7-5-6-12(15)10-13/h5-7,10,18H,2-4,8-9,11H2,1H3,(H,16,19). The lowest BCUT2D eigenvalue weighted by Gasteiger charge is -2.16. The molecule has 0 aliphatic rings. The Morgan fingerprint density at radius 3 is 2.84 bits per heavy atom. The molecule has 4 nitrogen and oxygen atoms in total. The van der Waals surface area contributed by atoms with Crippen LogP contribution in [-0.2, 0) is 4.79 Å². The summed E-state index contributed by atoms with van der Waals surface area (Å²) in [5.74, 6) is -0.523. The summed E-state index contributed by atoms with van der Waals surface area (Å²) in [5, 5.41) is 11.3. The van der Waals surface area contributed by atoms with E-state index >= 15 is 0 Å². The fourth-order valence-electron chi connectivity index (χ4n) is 1.76. The lowest BCUT2D eigenvalue weighted by atomic mass is 10.2. The number of unbranched alkanes of at least 4 members (excludes halogenated alkanes) is 2. The van der Waals surface area contributed by atoms with E-state index in [1.807, 2.05) is 11.9 Å². The molecular formula is C14H21FN2O2. The summed E-state index contributed by atoms with van der Waals surface area (Å²) in [5.41, 5.74) is 0.471. The number of carbonyl (C=O) groups is 1. The minimum absolute atomic E-state index is 0.157. The summed E-state index contributed by atoms with van der Waals surface area (Å²) in [7, 11) is 1.87. The molecule has 1 aromatic carbocycles. The summed E-state index contributed by atoms with van der Waals surface area (Å²) in [6.07, 6.45) is 2.69. The fraction of sp³-hybridized carbons (Fsp3) is 0.500. The maximum absolute atomic E-state index is 12.9. The summed E-state index contributed by atoms with van der Waals surface area (Å²) >= 11 is 0. The van der Waals surface area contributed by atoms with Crippen LogP contribution in [0, 0.1) is 5.82 Å². The molecule has 0 spiro atoms. The van der Waals surface area contributed by atoms with E-state index in [0.29, 0.717) is 5.69 Å². The van der Waals surface area contributed by atoms with Gasteiger partial charge in [-0.2, -0.15) is 0 Å². The van der Waals surface area contributed by atoms with Crippen molar-refractivity contribution in [1.29, 1.82) is 0 Å². The lowest BCUT2D eigenvalue weighted by molar-refractivity contribution is -0.117. The molecule has 106 valence electrons. The van der Waals surface area contributed by atoms with E-state index in [2.05, 4.69) is 5.32 Å². The number of aliphatic hydroxyl groups is 1. The van der Waals surface area contributed by atoms with Crippen molar-refractivity contribution in [2.24, 2.45) is 0 Å². The van der Waals surface area contributed by atoms with Crippen LogP contribution in [0.25, 0.3) is 0 Å². The third-order valence-corrected chi connectivity index (χ3v) is 2.72. The Balaban J connectivity index is 2.26. The second kappa shape index (κ2) is 8.61. The number of carbonyl (C=O) groups excluding carboxylic acids is 1.